The Kier molecular flexibility index (Phi) is 3.24. The Bertz CT molecular complexity index is 457. The Labute approximate surface area is 98.4 Å². The maximum atomic E-state index is 5.62. The van der Waals surface area contributed by atoms with Gasteiger partial charge < -0.3 is 4.42 Å². The van der Waals surface area contributed by atoms with E-state index in [4.69, 9.17) is 16.0 Å². The summed E-state index contributed by atoms with van der Waals surface area (Å²) >= 11 is 5.62. The number of hydrogen-bond donors (Lipinski definition) is 0. The first kappa shape index (κ1) is 11.1. The lowest BCUT2D eigenvalue weighted by Crippen LogP contribution is -2.00. The number of aryl methyl sites for hydroxylation is 3. The zero-order valence-electron chi connectivity index (χ0n) is 9.27. The molecular formula is C10H13ClN4O. The summed E-state index contributed by atoms with van der Waals surface area (Å²) in [5.74, 6) is 2.05. The van der Waals surface area contributed by atoms with Crippen LogP contribution in [-0.2, 0) is 13.0 Å². The van der Waals surface area contributed by atoms with Crippen LogP contribution in [0.2, 0.25) is 0 Å². The Balaban J connectivity index is 2.08. The minimum Gasteiger partial charge on any atom is -0.444 e. The Morgan fingerprint density at radius 2 is 2.25 bits per heavy atom. The summed E-state index contributed by atoms with van der Waals surface area (Å²) in [4.78, 5) is 4.28. The molecule has 2 aromatic heterocycles. The third-order valence-corrected chi connectivity index (χ3v) is 2.50. The quantitative estimate of drug-likeness (QED) is 0.764. The second-order valence-corrected chi connectivity index (χ2v) is 3.97. The number of nitrogens with zero attached hydrogens (tertiary/aromatic N) is 4. The molecule has 0 aliphatic heterocycles. The molecule has 0 saturated carbocycles. The van der Waals surface area contributed by atoms with Crippen molar-refractivity contribution in [1.29, 1.82) is 0 Å². The van der Waals surface area contributed by atoms with E-state index in [0.717, 1.165) is 23.6 Å². The summed E-state index contributed by atoms with van der Waals surface area (Å²) in [5.41, 5.74) is 1.80. The summed E-state index contributed by atoms with van der Waals surface area (Å²) in [7, 11) is 0. The monoisotopic (exact) mass is 240 g/mol. The van der Waals surface area contributed by atoms with E-state index in [1.54, 1.807) is 4.68 Å². The van der Waals surface area contributed by atoms with Crippen LogP contribution in [-0.4, -0.2) is 25.9 Å². The molecule has 0 N–H and O–H groups in total. The molecule has 0 fully saturated rings. The normalized spacial score (nSPS) is 10.9. The molecule has 2 aromatic rings. The van der Waals surface area contributed by atoms with Gasteiger partial charge in [0.2, 0.25) is 5.89 Å². The van der Waals surface area contributed by atoms with Crippen molar-refractivity contribution in [1.82, 2.24) is 20.0 Å². The molecule has 0 aromatic carbocycles. The highest BCUT2D eigenvalue weighted by Gasteiger charge is 2.07. The summed E-state index contributed by atoms with van der Waals surface area (Å²) in [6, 6.07) is 0. The van der Waals surface area contributed by atoms with Crippen LogP contribution in [0.1, 0.15) is 23.0 Å². The number of rotatable bonds is 4. The van der Waals surface area contributed by atoms with E-state index < -0.39 is 0 Å². The largest absolute Gasteiger partial charge is 0.444 e. The molecule has 5 nitrogen and oxygen atoms in total. The highest BCUT2D eigenvalue weighted by Crippen LogP contribution is 2.09. The number of oxazole rings is 1. The number of hydrogen-bond acceptors (Lipinski definition) is 4. The highest BCUT2D eigenvalue weighted by molar-refractivity contribution is 6.17. The fourth-order valence-electron chi connectivity index (χ4n) is 1.37. The van der Waals surface area contributed by atoms with Crippen LogP contribution in [0.15, 0.2) is 10.6 Å². The van der Waals surface area contributed by atoms with E-state index in [9.17, 15) is 0 Å². The Hall–Kier alpha value is -1.36. The van der Waals surface area contributed by atoms with Crippen LogP contribution in [0.5, 0.6) is 0 Å². The molecule has 0 aliphatic rings. The second kappa shape index (κ2) is 4.65. The molecule has 2 heterocycles. The van der Waals surface area contributed by atoms with Crippen molar-refractivity contribution in [2.45, 2.75) is 26.8 Å². The van der Waals surface area contributed by atoms with Crippen LogP contribution >= 0.6 is 11.6 Å². The molecule has 0 unspecified atom stereocenters. The highest BCUT2D eigenvalue weighted by atomic mass is 35.5. The summed E-state index contributed by atoms with van der Waals surface area (Å²) < 4.78 is 7.16. The standard InChI is InChI=1S/C10H13ClN4O/c1-7-8(2)16-10(12-7)6-15-5-9(3-4-11)13-14-15/h5H,3-4,6H2,1-2H3. The molecule has 2 rings (SSSR count). The molecule has 0 bridgehead atoms. The predicted octanol–water partition coefficient (Wildman–Crippen LogP) is 1.71. The van der Waals surface area contributed by atoms with E-state index in [1.807, 2.05) is 20.0 Å². The first-order chi connectivity index (χ1) is 7.69. The average molecular weight is 241 g/mol. The predicted molar refractivity (Wildman–Crippen MR) is 59.5 cm³/mol. The Morgan fingerprint density at radius 1 is 1.44 bits per heavy atom. The minimum atomic E-state index is 0.504. The Morgan fingerprint density at radius 3 is 2.88 bits per heavy atom. The molecular weight excluding hydrogens is 228 g/mol. The van der Waals surface area contributed by atoms with E-state index >= 15 is 0 Å². The van der Waals surface area contributed by atoms with Crippen molar-refractivity contribution in [3.63, 3.8) is 0 Å². The van der Waals surface area contributed by atoms with Crippen LogP contribution in [0, 0.1) is 13.8 Å². The van der Waals surface area contributed by atoms with Gasteiger partial charge in [0, 0.05) is 18.5 Å². The molecule has 0 radical (unpaired) electrons. The van der Waals surface area contributed by atoms with Gasteiger partial charge in [-0.25, -0.2) is 9.67 Å². The van der Waals surface area contributed by atoms with Gasteiger partial charge in [0.05, 0.1) is 11.4 Å². The minimum absolute atomic E-state index is 0.504. The SMILES string of the molecule is Cc1nc(Cn2cc(CCCl)nn2)oc1C. The van der Waals surface area contributed by atoms with Crippen LogP contribution in [0.3, 0.4) is 0 Å². The number of halogens is 1. The smallest absolute Gasteiger partial charge is 0.216 e. The van der Waals surface area contributed by atoms with Crippen molar-refractivity contribution in [2.24, 2.45) is 0 Å². The maximum Gasteiger partial charge on any atom is 0.216 e. The molecule has 0 atom stereocenters. The van der Waals surface area contributed by atoms with E-state index in [1.165, 1.54) is 0 Å². The zero-order chi connectivity index (χ0) is 11.5. The van der Waals surface area contributed by atoms with Crippen molar-refractivity contribution < 1.29 is 4.42 Å². The summed E-state index contributed by atoms with van der Waals surface area (Å²) in [6.07, 6.45) is 2.59. The van der Waals surface area contributed by atoms with E-state index in [-0.39, 0.29) is 0 Å². The average Bonchev–Trinajstić information content (AvgIpc) is 2.77. The van der Waals surface area contributed by atoms with Gasteiger partial charge in [-0.3, -0.25) is 0 Å². The van der Waals surface area contributed by atoms with Gasteiger partial charge in [0.25, 0.3) is 0 Å². The van der Waals surface area contributed by atoms with Gasteiger partial charge in [-0.05, 0) is 13.8 Å². The lowest BCUT2D eigenvalue weighted by Gasteiger charge is -1.93. The van der Waals surface area contributed by atoms with E-state index in [0.29, 0.717) is 18.3 Å². The van der Waals surface area contributed by atoms with Gasteiger partial charge in [-0.15, -0.1) is 16.7 Å². The van der Waals surface area contributed by atoms with Crippen LogP contribution in [0.25, 0.3) is 0 Å². The van der Waals surface area contributed by atoms with Gasteiger partial charge >= 0.3 is 0 Å². The topological polar surface area (TPSA) is 56.7 Å². The number of aromatic nitrogens is 4. The van der Waals surface area contributed by atoms with Crippen molar-refractivity contribution in [3.05, 3.63) is 29.2 Å². The fourth-order valence-corrected chi connectivity index (χ4v) is 1.57. The van der Waals surface area contributed by atoms with Crippen molar-refractivity contribution in [2.75, 3.05) is 5.88 Å². The van der Waals surface area contributed by atoms with Crippen molar-refractivity contribution in [3.8, 4) is 0 Å². The van der Waals surface area contributed by atoms with Crippen molar-refractivity contribution >= 4 is 11.6 Å². The van der Waals surface area contributed by atoms with Gasteiger partial charge in [-0.2, -0.15) is 0 Å². The summed E-state index contributed by atoms with van der Waals surface area (Å²) in [6.45, 7) is 4.32. The lowest BCUT2D eigenvalue weighted by molar-refractivity contribution is 0.442. The lowest BCUT2D eigenvalue weighted by atomic mass is 10.4. The van der Waals surface area contributed by atoms with Gasteiger partial charge in [0.15, 0.2) is 0 Å². The second-order valence-electron chi connectivity index (χ2n) is 3.60. The number of alkyl halides is 1. The third-order valence-electron chi connectivity index (χ3n) is 2.31. The molecule has 16 heavy (non-hydrogen) atoms. The van der Waals surface area contributed by atoms with Gasteiger partial charge in [-0.1, -0.05) is 5.21 Å². The fraction of sp³-hybridized carbons (Fsp3) is 0.500. The van der Waals surface area contributed by atoms with Gasteiger partial charge in [0.1, 0.15) is 12.3 Å². The molecule has 0 amide bonds. The first-order valence-electron chi connectivity index (χ1n) is 5.07. The molecule has 86 valence electrons. The molecule has 0 aliphatic carbocycles. The maximum absolute atomic E-state index is 5.62. The van der Waals surface area contributed by atoms with E-state index in [2.05, 4.69) is 15.3 Å². The summed E-state index contributed by atoms with van der Waals surface area (Å²) in [5, 5.41) is 7.97. The molecule has 0 spiro atoms. The van der Waals surface area contributed by atoms with Crippen LogP contribution in [0.4, 0.5) is 0 Å². The first-order valence-corrected chi connectivity index (χ1v) is 5.60. The molecule has 0 saturated heterocycles. The zero-order valence-corrected chi connectivity index (χ0v) is 10.0. The van der Waals surface area contributed by atoms with Crippen LogP contribution < -0.4 is 0 Å². The third kappa shape index (κ3) is 2.41. The molecule has 6 heteroatoms.